The molecule has 4 nitrogen and oxygen atoms in total. The third-order valence-corrected chi connectivity index (χ3v) is 3.81. The van der Waals surface area contributed by atoms with E-state index in [1.807, 2.05) is 13.8 Å². The fraction of sp³-hybridized carbons (Fsp3) is 0.692. The molecule has 1 N–H and O–H groups in total. The van der Waals surface area contributed by atoms with Gasteiger partial charge in [0.05, 0.1) is 6.54 Å². The van der Waals surface area contributed by atoms with Crippen LogP contribution in [0.2, 0.25) is 0 Å². The highest BCUT2D eigenvalue weighted by Gasteiger charge is 2.54. The predicted molar refractivity (Wildman–Crippen MR) is 63.9 cm³/mol. The Hall–Kier alpha value is -1.50. The van der Waals surface area contributed by atoms with Crippen molar-refractivity contribution in [3.05, 3.63) is 0 Å². The predicted octanol–water partition coefficient (Wildman–Crippen LogP) is 0.525. The normalized spacial score (nSPS) is 33.2. The van der Waals surface area contributed by atoms with Crippen LogP contribution in [0.3, 0.4) is 0 Å². The van der Waals surface area contributed by atoms with Crippen LogP contribution < -0.4 is 5.32 Å². The molecular weight excluding hydrogens is 216 g/mol. The van der Waals surface area contributed by atoms with Crippen molar-refractivity contribution in [2.45, 2.75) is 44.7 Å². The van der Waals surface area contributed by atoms with E-state index in [0.717, 1.165) is 12.8 Å². The monoisotopic (exact) mass is 234 g/mol. The van der Waals surface area contributed by atoms with Crippen LogP contribution in [0.25, 0.3) is 0 Å². The van der Waals surface area contributed by atoms with Crippen LogP contribution in [0.1, 0.15) is 33.1 Å². The van der Waals surface area contributed by atoms with Gasteiger partial charge in [-0.1, -0.05) is 12.8 Å². The number of rotatable bonds is 3. The zero-order valence-corrected chi connectivity index (χ0v) is 10.3. The Labute approximate surface area is 102 Å². The van der Waals surface area contributed by atoms with Crippen LogP contribution in [0.5, 0.6) is 0 Å². The van der Waals surface area contributed by atoms with Crippen molar-refractivity contribution in [3.8, 4) is 12.3 Å². The van der Waals surface area contributed by atoms with E-state index in [4.69, 9.17) is 6.42 Å². The number of terminal acetylenes is 1. The molecule has 17 heavy (non-hydrogen) atoms. The zero-order chi connectivity index (χ0) is 12.6. The van der Waals surface area contributed by atoms with Gasteiger partial charge < -0.3 is 10.2 Å². The fourth-order valence-electron chi connectivity index (χ4n) is 2.60. The molecule has 0 aromatic heterocycles. The van der Waals surface area contributed by atoms with Gasteiger partial charge in [0, 0.05) is 0 Å². The smallest absolute Gasteiger partial charge is 0.249 e. The van der Waals surface area contributed by atoms with E-state index in [0.29, 0.717) is 6.42 Å². The molecule has 0 aromatic rings. The van der Waals surface area contributed by atoms with Crippen LogP contribution in [0.4, 0.5) is 0 Å². The summed E-state index contributed by atoms with van der Waals surface area (Å²) in [7, 11) is 0. The van der Waals surface area contributed by atoms with Gasteiger partial charge in [-0.25, -0.2) is 0 Å². The average Bonchev–Trinajstić information content (AvgIpc) is 3.10. The lowest BCUT2D eigenvalue weighted by molar-refractivity contribution is -0.154. The second-order valence-electron chi connectivity index (χ2n) is 5.03. The Morgan fingerprint density at radius 1 is 1.53 bits per heavy atom. The number of carbonyl (C=O) groups excluding carboxylic acids is 2. The highest BCUT2D eigenvalue weighted by molar-refractivity contribution is 6.00. The Morgan fingerprint density at radius 3 is 2.65 bits per heavy atom. The number of piperazine rings is 1. The lowest BCUT2D eigenvalue weighted by atomic mass is 9.89. The summed E-state index contributed by atoms with van der Waals surface area (Å²) in [5, 5.41) is 2.90. The largest absolute Gasteiger partial charge is 0.340 e. The van der Waals surface area contributed by atoms with Crippen LogP contribution in [-0.2, 0) is 9.59 Å². The Kier molecular flexibility index (Phi) is 2.86. The van der Waals surface area contributed by atoms with Crippen molar-refractivity contribution in [2.24, 2.45) is 5.92 Å². The Balaban J connectivity index is 2.29. The molecule has 2 fully saturated rings. The molecule has 0 spiro atoms. The molecule has 4 heteroatoms. The standard InChI is InChI=1S/C13H18N2O2/c1-4-8-15-10(5-2)11(16)14-13(3,12(15)17)9-6-7-9/h1,9-10H,5-8H2,2-3H3,(H,14,16). The van der Waals surface area contributed by atoms with E-state index >= 15 is 0 Å². The van der Waals surface area contributed by atoms with Crippen LogP contribution in [0, 0.1) is 18.3 Å². The number of nitrogens with one attached hydrogen (secondary N) is 1. The van der Waals surface area contributed by atoms with Crippen molar-refractivity contribution < 1.29 is 9.59 Å². The van der Waals surface area contributed by atoms with Gasteiger partial charge in [0.1, 0.15) is 11.6 Å². The number of hydrogen-bond donors (Lipinski definition) is 1. The molecule has 1 aliphatic heterocycles. The molecule has 2 unspecified atom stereocenters. The summed E-state index contributed by atoms with van der Waals surface area (Å²) >= 11 is 0. The number of carbonyl (C=O) groups is 2. The summed E-state index contributed by atoms with van der Waals surface area (Å²) in [6, 6.07) is -0.412. The van der Waals surface area contributed by atoms with Gasteiger partial charge in [-0.2, -0.15) is 0 Å². The molecule has 1 saturated heterocycles. The first-order valence-electron chi connectivity index (χ1n) is 6.11. The maximum atomic E-state index is 12.4. The molecular formula is C13H18N2O2. The first-order valence-corrected chi connectivity index (χ1v) is 6.11. The maximum Gasteiger partial charge on any atom is 0.249 e. The molecule has 0 radical (unpaired) electrons. The SMILES string of the molecule is C#CCN1C(=O)C(C)(C2CC2)NC(=O)C1CC. The first kappa shape index (κ1) is 12.0. The highest BCUT2D eigenvalue weighted by Crippen LogP contribution is 2.42. The summed E-state index contributed by atoms with van der Waals surface area (Å²) in [6.07, 6.45) is 7.89. The minimum absolute atomic E-state index is 0.0237. The lowest BCUT2D eigenvalue weighted by Crippen LogP contribution is -2.70. The number of nitrogens with zero attached hydrogens (tertiary/aromatic N) is 1. The Morgan fingerprint density at radius 2 is 2.18 bits per heavy atom. The highest BCUT2D eigenvalue weighted by atomic mass is 16.2. The average molecular weight is 234 g/mol. The van der Waals surface area contributed by atoms with E-state index in [9.17, 15) is 9.59 Å². The van der Waals surface area contributed by atoms with Gasteiger partial charge >= 0.3 is 0 Å². The van der Waals surface area contributed by atoms with Gasteiger partial charge in [0.15, 0.2) is 0 Å². The van der Waals surface area contributed by atoms with Crippen molar-refractivity contribution in [1.29, 1.82) is 0 Å². The first-order chi connectivity index (χ1) is 8.04. The van der Waals surface area contributed by atoms with Gasteiger partial charge in [0.2, 0.25) is 11.8 Å². The third-order valence-electron chi connectivity index (χ3n) is 3.81. The zero-order valence-electron chi connectivity index (χ0n) is 10.3. The minimum atomic E-state index is -0.737. The molecule has 92 valence electrons. The van der Waals surface area contributed by atoms with Crippen LogP contribution in [0.15, 0.2) is 0 Å². The van der Waals surface area contributed by atoms with Gasteiger partial charge in [-0.05, 0) is 32.1 Å². The van der Waals surface area contributed by atoms with E-state index < -0.39 is 11.6 Å². The van der Waals surface area contributed by atoms with Crippen molar-refractivity contribution in [1.82, 2.24) is 10.2 Å². The van der Waals surface area contributed by atoms with Gasteiger partial charge in [-0.3, -0.25) is 9.59 Å². The topological polar surface area (TPSA) is 49.4 Å². The van der Waals surface area contributed by atoms with Gasteiger partial charge in [-0.15, -0.1) is 6.42 Å². The lowest BCUT2D eigenvalue weighted by Gasteiger charge is -2.43. The van der Waals surface area contributed by atoms with Crippen LogP contribution >= 0.6 is 0 Å². The molecule has 0 aromatic carbocycles. The Bertz CT molecular complexity index is 395. The minimum Gasteiger partial charge on any atom is -0.340 e. The molecule has 2 aliphatic rings. The molecule has 0 bridgehead atoms. The third kappa shape index (κ3) is 1.80. The number of amides is 2. The summed E-state index contributed by atoms with van der Waals surface area (Å²) in [5.74, 6) is 2.65. The molecule has 2 atom stereocenters. The van der Waals surface area contributed by atoms with Crippen molar-refractivity contribution in [3.63, 3.8) is 0 Å². The second kappa shape index (κ2) is 4.06. The quantitative estimate of drug-likeness (QED) is 0.724. The maximum absolute atomic E-state index is 12.4. The van der Waals surface area contributed by atoms with E-state index in [-0.39, 0.29) is 24.3 Å². The fourth-order valence-corrected chi connectivity index (χ4v) is 2.60. The van der Waals surface area contributed by atoms with Crippen LogP contribution in [-0.4, -0.2) is 34.8 Å². The van der Waals surface area contributed by atoms with Crippen molar-refractivity contribution in [2.75, 3.05) is 6.54 Å². The molecule has 1 saturated carbocycles. The summed E-state index contributed by atoms with van der Waals surface area (Å²) in [6.45, 7) is 3.92. The molecule has 1 heterocycles. The second-order valence-corrected chi connectivity index (χ2v) is 5.03. The van der Waals surface area contributed by atoms with Crippen molar-refractivity contribution >= 4 is 11.8 Å². The summed E-state index contributed by atoms with van der Waals surface area (Å²) in [5.41, 5.74) is -0.737. The van der Waals surface area contributed by atoms with Gasteiger partial charge in [0.25, 0.3) is 0 Å². The number of hydrogen-bond acceptors (Lipinski definition) is 2. The molecule has 2 amide bonds. The van der Waals surface area contributed by atoms with E-state index in [2.05, 4.69) is 11.2 Å². The molecule has 2 rings (SSSR count). The summed E-state index contributed by atoms with van der Waals surface area (Å²) in [4.78, 5) is 26.0. The van der Waals surface area contributed by atoms with E-state index in [1.165, 1.54) is 0 Å². The summed E-state index contributed by atoms with van der Waals surface area (Å²) < 4.78 is 0. The molecule has 1 aliphatic carbocycles. The van der Waals surface area contributed by atoms with E-state index in [1.54, 1.807) is 4.90 Å².